The third-order valence-corrected chi connectivity index (χ3v) is 14.4. The van der Waals surface area contributed by atoms with Crippen LogP contribution in [0.2, 0.25) is 0 Å². The molecule has 0 aliphatic carbocycles. The maximum atomic E-state index is 12.7. The smallest absolute Gasteiger partial charge is 0.462 e. The van der Waals surface area contributed by atoms with E-state index < -0.39 is 32.5 Å². The third-order valence-electron chi connectivity index (χ3n) is 13.4. The molecule has 0 rings (SSSR count). The summed E-state index contributed by atoms with van der Waals surface area (Å²) in [5, 5.41) is 0. The van der Waals surface area contributed by atoms with Crippen molar-refractivity contribution in [3.8, 4) is 0 Å². The maximum absolute atomic E-state index is 12.7. The number of phosphoric ester groups is 1. The molecule has 0 spiro atoms. The fourth-order valence-electron chi connectivity index (χ4n) is 8.86. The van der Waals surface area contributed by atoms with E-state index in [1.807, 2.05) is 0 Å². The lowest BCUT2D eigenvalue weighted by Gasteiger charge is -2.19. The van der Waals surface area contributed by atoms with Gasteiger partial charge in [0.1, 0.15) is 6.61 Å². The summed E-state index contributed by atoms with van der Waals surface area (Å²) in [6, 6.07) is 0. The second kappa shape index (κ2) is 58.2. The predicted molar refractivity (Wildman–Crippen MR) is 307 cm³/mol. The summed E-state index contributed by atoms with van der Waals surface area (Å²) in [6.07, 6.45) is 72.0. The van der Waals surface area contributed by atoms with Gasteiger partial charge in [-0.25, -0.2) is 4.57 Å². The van der Waals surface area contributed by atoms with Gasteiger partial charge in [-0.1, -0.05) is 268 Å². The Morgan fingerprint density at radius 2 is 0.736 bits per heavy atom. The number of carbonyl (C=O) groups excluding carboxylic acids is 2. The van der Waals surface area contributed by atoms with Crippen molar-refractivity contribution in [3.63, 3.8) is 0 Å². The van der Waals surface area contributed by atoms with Crippen LogP contribution in [0.4, 0.5) is 0 Å². The summed E-state index contributed by atoms with van der Waals surface area (Å²) >= 11 is 0. The molecule has 0 saturated heterocycles. The van der Waals surface area contributed by atoms with E-state index in [1.54, 1.807) is 0 Å². The summed E-state index contributed by atoms with van der Waals surface area (Å²) < 4.78 is 33.0. The molecule has 9 nitrogen and oxygen atoms in total. The van der Waals surface area contributed by atoms with E-state index in [0.717, 1.165) is 70.6 Å². The Kier molecular flexibility index (Phi) is 56.6. The number of hydrogen-bond acceptors (Lipinski definition) is 8. The van der Waals surface area contributed by atoms with Gasteiger partial charge in [0, 0.05) is 19.4 Å². The van der Waals surface area contributed by atoms with Crippen molar-refractivity contribution in [1.82, 2.24) is 0 Å². The van der Waals surface area contributed by atoms with Crippen LogP contribution in [-0.2, 0) is 32.7 Å². The van der Waals surface area contributed by atoms with Gasteiger partial charge in [0.15, 0.2) is 6.10 Å². The molecule has 0 bridgehead atoms. The van der Waals surface area contributed by atoms with Crippen LogP contribution in [0.5, 0.6) is 0 Å². The number of carbonyl (C=O) groups is 2. The molecule has 0 fully saturated rings. The number of unbranched alkanes of at least 4 members (excludes halogenated alkanes) is 37. The number of phosphoric acid groups is 1. The average Bonchev–Trinajstić information content (AvgIpc) is 3.37. The van der Waals surface area contributed by atoms with Gasteiger partial charge in [0.2, 0.25) is 0 Å². The Labute approximate surface area is 445 Å². The maximum Gasteiger partial charge on any atom is 0.472 e. The minimum Gasteiger partial charge on any atom is -0.462 e. The van der Waals surface area contributed by atoms with Gasteiger partial charge in [-0.3, -0.25) is 18.6 Å². The molecule has 0 aromatic rings. The van der Waals surface area contributed by atoms with Crippen LogP contribution in [0.1, 0.15) is 303 Å². The van der Waals surface area contributed by atoms with Gasteiger partial charge in [-0.2, -0.15) is 0 Å². The van der Waals surface area contributed by atoms with Gasteiger partial charge in [0.25, 0.3) is 0 Å². The molecule has 72 heavy (non-hydrogen) atoms. The van der Waals surface area contributed by atoms with Crippen LogP contribution in [0.3, 0.4) is 0 Å². The Bertz CT molecular complexity index is 1320. The number of nitrogens with two attached hydrogens (primary N) is 1. The predicted octanol–water partition coefficient (Wildman–Crippen LogP) is 19.4. The first-order chi connectivity index (χ1) is 35.3. The Morgan fingerprint density at radius 1 is 0.417 bits per heavy atom. The zero-order chi connectivity index (χ0) is 52.4. The number of esters is 2. The summed E-state index contributed by atoms with van der Waals surface area (Å²) in [6.45, 7) is 3.71. The molecule has 422 valence electrons. The lowest BCUT2D eigenvalue weighted by molar-refractivity contribution is -0.161. The average molecular weight is 1030 g/mol. The zero-order valence-corrected chi connectivity index (χ0v) is 48.1. The highest BCUT2D eigenvalue weighted by Gasteiger charge is 2.26. The van der Waals surface area contributed by atoms with Gasteiger partial charge >= 0.3 is 19.8 Å². The van der Waals surface area contributed by atoms with Crippen LogP contribution < -0.4 is 5.73 Å². The first-order valence-corrected chi connectivity index (χ1v) is 32.1. The Balaban J connectivity index is 3.78. The molecule has 0 aliphatic rings. The first kappa shape index (κ1) is 70.0. The van der Waals surface area contributed by atoms with E-state index >= 15 is 0 Å². The minimum atomic E-state index is -4.39. The molecule has 0 aromatic heterocycles. The largest absolute Gasteiger partial charge is 0.472 e. The molecular formula is C62H116NO8P. The molecule has 0 amide bonds. The number of ether oxygens (including phenoxy) is 2. The van der Waals surface area contributed by atoms with E-state index in [-0.39, 0.29) is 32.6 Å². The summed E-state index contributed by atoms with van der Waals surface area (Å²) in [7, 11) is -4.39. The molecule has 0 saturated carbocycles. The second-order valence-corrected chi connectivity index (χ2v) is 22.0. The highest BCUT2D eigenvalue weighted by Crippen LogP contribution is 2.43. The minimum absolute atomic E-state index is 0.0521. The molecule has 0 aromatic carbocycles. The first-order valence-electron chi connectivity index (χ1n) is 30.6. The van der Waals surface area contributed by atoms with E-state index in [1.165, 1.54) is 199 Å². The fraction of sp³-hybridized carbons (Fsp3) is 0.839. The van der Waals surface area contributed by atoms with E-state index in [2.05, 4.69) is 62.5 Å². The number of rotatable bonds is 58. The molecule has 2 unspecified atom stereocenters. The highest BCUT2D eigenvalue weighted by molar-refractivity contribution is 7.47. The van der Waals surface area contributed by atoms with Gasteiger partial charge in [-0.05, 0) is 70.6 Å². The van der Waals surface area contributed by atoms with Crippen molar-refractivity contribution in [3.05, 3.63) is 48.6 Å². The third kappa shape index (κ3) is 57.3. The molecular weight excluding hydrogens is 918 g/mol. The van der Waals surface area contributed by atoms with Crippen molar-refractivity contribution in [2.24, 2.45) is 5.73 Å². The fourth-order valence-corrected chi connectivity index (χ4v) is 9.63. The Morgan fingerprint density at radius 3 is 1.10 bits per heavy atom. The van der Waals surface area contributed by atoms with Gasteiger partial charge in [0.05, 0.1) is 13.2 Å². The van der Waals surface area contributed by atoms with E-state index in [0.29, 0.717) is 6.42 Å². The molecule has 3 N–H and O–H groups in total. The van der Waals surface area contributed by atoms with Crippen molar-refractivity contribution in [1.29, 1.82) is 0 Å². The quantitative estimate of drug-likeness (QED) is 0.0264. The number of hydrogen-bond donors (Lipinski definition) is 2. The zero-order valence-electron chi connectivity index (χ0n) is 47.2. The van der Waals surface area contributed by atoms with Crippen LogP contribution in [0.25, 0.3) is 0 Å². The van der Waals surface area contributed by atoms with Crippen molar-refractivity contribution >= 4 is 19.8 Å². The summed E-state index contributed by atoms with van der Waals surface area (Å²) in [5.74, 6) is -0.833. The monoisotopic (exact) mass is 1030 g/mol. The summed E-state index contributed by atoms with van der Waals surface area (Å²) in [5.41, 5.74) is 5.38. The lowest BCUT2D eigenvalue weighted by atomic mass is 10.0. The Hall–Kier alpha value is -2.03. The van der Waals surface area contributed by atoms with Gasteiger partial charge in [-0.15, -0.1) is 0 Å². The van der Waals surface area contributed by atoms with Crippen molar-refractivity contribution in [2.45, 2.75) is 309 Å². The number of allylic oxidation sites excluding steroid dienone is 8. The van der Waals surface area contributed by atoms with E-state index in [4.69, 9.17) is 24.3 Å². The highest BCUT2D eigenvalue weighted by atomic mass is 31.2. The van der Waals surface area contributed by atoms with Crippen LogP contribution in [0.15, 0.2) is 48.6 Å². The second-order valence-electron chi connectivity index (χ2n) is 20.6. The SMILES string of the molecule is CCCC/C=C\C/C=C\CCCCCCCC(=O)OCC(COP(=O)(O)OCCN)OC(=O)CCCCCCCCCCCCCCCCCCCCCCCCCCC/C=C\C/C=C\CCCCCCC. The van der Waals surface area contributed by atoms with Crippen LogP contribution >= 0.6 is 7.82 Å². The molecule has 10 heteroatoms. The molecule has 0 radical (unpaired) electrons. The van der Waals surface area contributed by atoms with Crippen LogP contribution in [-0.4, -0.2) is 49.3 Å². The topological polar surface area (TPSA) is 134 Å². The van der Waals surface area contributed by atoms with E-state index in [9.17, 15) is 19.0 Å². The molecule has 0 heterocycles. The standard InChI is InChI=1S/C62H116NO8P/c1-3-5-7-9-11-13-15-17-19-20-21-22-23-24-25-26-27-28-29-30-31-32-33-34-35-36-37-38-39-40-41-43-45-47-49-51-53-55-62(65)71-60(59-70-72(66,67)69-57-56-63)58-68-61(64)54-52-50-48-46-44-42-18-16-14-12-10-8-6-4-2/h10,12,15-18,20-21,60H,3-9,11,13-14,19,22-59,63H2,1-2H3,(H,66,67)/b12-10-,17-15-,18-16-,21-20-. The van der Waals surface area contributed by atoms with Crippen LogP contribution in [0, 0.1) is 0 Å². The molecule has 0 aliphatic heterocycles. The summed E-state index contributed by atoms with van der Waals surface area (Å²) in [4.78, 5) is 35.1. The van der Waals surface area contributed by atoms with Crippen molar-refractivity contribution < 1.29 is 37.6 Å². The lowest BCUT2D eigenvalue weighted by Crippen LogP contribution is -2.29. The van der Waals surface area contributed by atoms with Gasteiger partial charge < -0.3 is 20.1 Å². The molecule has 2 atom stereocenters. The normalized spacial score (nSPS) is 13.3. The van der Waals surface area contributed by atoms with Crippen molar-refractivity contribution in [2.75, 3.05) is 26.4 Å².